The molecule has 0 amide bonds. The highest BCUT2D eigenvalue weighted by Crippen LogP contribution is 2.28. The molecule has 1 aromatic carbocycles. The maximum Gasteiger partial charge on any atom is 0.142 e. The molecule has 106 valence electrons. The smallest absolute Gasteiger partial charge is 0.142 e. The zero-order valence-corrected chi connectivity index (χ0v) is 12.0. The van der Waals surface area contributed by atoms with E-state index in [-0.39, 0.29) is 6.17 Å². The van der Waals surface area contributed by atoms with E-state index in [1.54, 1.807) is 7.11 Å². The lowest BCUT2D eigenvalue weighted by Crippen LogP contribution is -2.53. The molecular formula is C15H25N3O. The Morgan fingerprint density at radius 3 is 2.53 bits per heavy atom. The molecule has 4 heteroatoms. The van der Waals surface area contributed by atoms with Gasteiger partial charge in [0.25, 0.3) is 0 Å². The van der Waals surface area contributed by atoms with Gasteiger partial charge in [0.15, 0.2) is 0 Å². The largest absolute Gasteiger partial charge is 0.495 e. The number of nitrogens with two attached hydrogens (primary N) is 1. The fraction of sp³-hybridized carbons (Fsp3) is 0.600. The summed E-state index contributed by atoms with van der Waals surface area (Å²) in [6.07, 6.45) is 2.44. The molecule has 4 nitrogen and oxygen atoms in total. The van der Waals surface area contributed by atoms with Crippen LogP contribution in [0.25, 0.3) is 0 Å². The van der Waals surface area contributed by atoms with Gasteiger partial charge in [-0.25, -0.2) is 0 Å². The van der Waals surface area contributed by atoms with Gasteiger partial charge in [-0.2, -0.15) is 0 Å². The first-order chi connectivity index (χ1) is 9.26. The Morgan fingerprint density at radius 2 is 1.89 bits per heavy atom. The maximum atomic E-state index is 6.18. The monoisotopic (exact) mass is 263 g/mol. The lowest BCUT2D eigenvalue weighted by Gasteiger charge is -2.39. The van der Waals surface area contributed by atoms with Crippen molar-refractivity contribution in [1.29, 1.82) is 0 Å². The van der Waals surface area contributed by atoms with Crippen LogP contribution in [0.4, 0.5) is 5.69 Å². The summed E-state index contributed by atoms with van der Waals surface area (Å²) in [7, 11) is 1.73. The molecule has 0 bridgehead atoms. The van der Waals surface area contributed by atoms with Crippen LogP contribution in [-0.2, 0) is 0 Å². The Hall–Kier alpha value is -1.26. The van der Waals surface area contributed by atoms with Crippen molar-refractivity contribution in [1.82, 2.24) is 4.90 Å². The van der Waals surface area contributed by atoms with Crippen LogP contribution in [0.5, 0.6) is 5.75 Å². The van der Waals surface area contributed by atoms with Crippen LogP contribution in [0.3, 0.4) is 0 Å². The van der Waals surface area contributed by atoms with Crippen molar-refractivity contribution in [3.05, 3.63) is 24.3 Å². The third kappa shape index (κ3) is 3.39. The van der Waals surface area contributed by atoms with Crippen molar-refractivity contribution in [2.24, 2.45) is 5.73 Å². The predicted octanol–water partition coefficient (Wildman–Crippen LogP) is 1.90. The highest BCUT2D eigenvalue weighted by atomic mass is 16.5. The number of benzene rings is 1. The van der Waals surface area contributed by atoms with Gasteiger partial charge in [0.1, 0.15) is 5.75 Å². The Bertz CT molecular complexity index is 389. The van der Waals surface area contributed by atoms with Crippen molar-refractivity contribution in [3.8, 4) is 5.75 Å². The molecule has 0 aromatic heterocycles. The Kier molecular flexibility index (Phi) is 5.05. The van der Waals surface area contributed by atoms with Crippen LogP contribution in [0.15, 0.2) is 24.3 Å². The number of methoxy groups -OCH3 is 1. The minimum absolute atomic E-state index is 0.213. The van der Waals surface area contributed by atoms with Crippen molar-refractivity contribution < 1.29 is 4.74 Å². The number of para-hydroxylation sites is 2. The standard InChI is InChI=1S/C15H25N3O/c1-3-6-15(16)18-11-9-17(10-12-18)13-7-4-5-8-14(13)19-2/h4-5,7-8,15H,3,6,9-12,16H2,1-2H3. The fourth-order valence-electron chi connectivity index (χ4n) is 2.66. The second-order valence-corrected chi connectivity index (χ2v) is 5.05. The SMILES string of the molecule is CCCC(N)N1CCN(c2ccccc2OC)CC1. The number of nitrogens with zero attached hydrogens (tertiary/aromatic N) is 2. The van der Waals surface area contributed by atoms with Crippen LogP contribution >= 0.6 is 0 Å². The minimum Gasteiger partial charge on any atom is -0.495 e. The summed E-state index contributed by atoms with van der Waals surface area (Å²) in [4.78, 5) is 4.77. The van der Waals surface area contributed by atoms with Crippen LogP contribution in [-0.4, -0.2) is 44.4 Å². The van der Waals surface area contributed by atoms with E-state index in [1.165, 1.54) is 5.69 Å². The molecule has 1 aliphatic heterocycles. The van der Waals surface area contributed by atoms with Crippen LogP contribution in [0, 0.1) is 0 Å². The second-order valence-electron chi connectivity index (χ2n) is 5.05. The lowest BCUT2D eigenvalue weighted by atomic mass is 10.2. The lowest BCUT2D eigenvalue weighted by molar-refractivity contribution is 0.179. The van der Waals surface area contributed by atoms with Crippen molar-refractivity contribution in [2.75, 3.05) is 38.2 Å². The normalized spacial score (nSPS) is 18.4. The first kappa shape index (κ1) is 14.2. The third-order valence-electron chi connectivity index (χ3n) is 3.79. The van der Waals surface area contributed by atoms with E-state index in [9.17, 15) is 0 Å². The van der Waals surface area contributed by atoms with E-state index in [4.69, 9.17) is 10.5 Å². The van der Waals surface area contributed by atoms with E-state index in [0.717, 1.165) is 44.8 Å². The molecule has 1 heterocycles. The van der Waals surface area contributed by atoms with Gasteiger partial charge in [-0.1, -0.05) is 25.5 Å². The number of anilines is 1. The molecule has 1 atom stereocenters. The summed E-state index contributed by atoms with van der Waals surface area (Å²) in [5, 5.41) is 0. The molecule has 19 heavy (non-hydrogen) atoms. The molecular weight excluding hydrogens is 238 g/mol. The molecule has 1 fully saturated rings. The van der Waals surface area contributed by atoms with Gasteiger partial charge in [0, 0.05) is 26.2 Å². The fourth-order valence-corrected chi connectivity index (χ4v) is 2.66. The van der Waals surface area contributed by atoms with Gasteiger partial charge < -0.3 is 15.4 Å². The predicted molar refractivity (Wildman–Crippen MR) is 79.7 cm³/mol. The number of hydrogen-bond acceptors (Lipinski definition) is 4. The molecule has 1 saturated heterocycles. The first-order valence-electron chi connectivity index (χ1n) is 7.14. The average Bonchev–Trinajstić information content (AvgIpc) is 2.47. The Morgan fingerprint density at radius 1 is 1.21 bits per heavy atom. The highest BCUT2D eigenvalue weighted by molar-refractivity contribution is 5.58. The number of piperazine rings is 1. The van der Waals surface area contributed by atoms with E-state index in [1.807, 2.05) is 12.1 Å². The van der Waals surface area contributed by atoms with E-state index in [2.05, 4.69) is 28.9 Å². The summed E-state index contributed by atoms with van der Waals surface area (Å²) < 4.78 is 5.43. The molecule has 1 aromatic rings. The first-order valence-corrected chi connectivity index (χ1v) is 7.14. The number of ether oxygens (including phenoxy) is 1. The molecule has 0 spiro atoms. The molecule has 0 radical (unpaired) electrons. The number of rotatable bonds is 5. The van der Waals surface area contributed by atoms with Crippen LogP contribution in [0.2, 0.25) is 0 Å². The van der Waals surface area contributed by atoms with E-state index in [0.29, 0.717) is 0 Å². The molecule has 1 unspecified atom stereocenters. The van der Waals surface area contributed by atoms with Gasteiger partial charge in [-0.15, -0.1) is 0 Å². The van der Waals surface area contributed by atoms with E-state index >= 15 is 0 Å². The number of hydrogen-bond donors (Lipinski definition) is 1. The molecule has 0 saturated carbocycles. The molecule has 1 aliphatic rings. The van der Waals surface area contributed by atoms with Gasteiger partial charge in [0.05, 0.1) is 19.0 Å². The highest BCUT2D eigenvalue weighted by Gasteiger charge is 2.22. The quantitative estimate of drug-likeness (QED) is 0.881. The summed E-state index contributed by atoms with van der Waals surface area (Å²) in [5.74, 6) is 0.953. The van der Waals surface area contributed by atoms with Gasteiger partial charge in [-0.3, -0.25) is 4.90 Å². The average molecular weight is 263 g/mol. The van der Waals surface area contributed by atoms with Gasteiger partial charge >= 0.3 is 0 Å². The molecule has 0 aliphatic carbocycles. The Labute approximate surface area is 116 Å². The Balaban J connectivity index is 1.96. The molecule has 2 N–H and O–H groups in total. The van der Waals surface area contributed by atoms with Crippen molar-refractivity contribution >= 4 is 5.69 Å². The molecule has 2 rings (SSSR count). The van der Waals surface area contributed by atoms with Gasteiger partial charge in [0.2, 0.25) is 0 Å². The minimum atomic E-state index is 0.213. The van der Waals surface area contributed by atoms with E-state index < -0.39 is 0 Å². The van der Waals surface area contributed by atoms with Gasteiger partial charge in [-0.05, 0) is 18.6 Å². The van der Waals surface area contributed by atoms with Crippen molar-refractivity contribution in [2.45, 2.75) is 25.9 Å². The third-order valence-corrected chi connectivity index (χ3v) is 3.79. The summed E-state index contributed by atoms with van der Waals surface area (Å²) in [6.45, 7) is 6.26. The van der Waals surface area contributed by atoms with Crippen LogP contribution in [0.1, 0.15) is 19.8 Å². The summed E-state index contributed by atoms with van der Waals surface area (Å²) in [6, 6.07) is 8.22. The topological polar surface area (TPSA) is 41.7 Å². The second kappa shape index (κ2) is 6.78. The summed E-state index contributed by atoms with van der Waals surface area (Å²) >= 11 is 0. The summed E-state index contributed by atoms with van der Waals surface area (Å²) in [5.41, 5.74) is 7.37. The van der Waals surface area contributed by atoms with Crippen molar-refractivity contribution in [3.63, 3.8) is 0 Å². The zero-order chi connectivity index (χ0) is 13.7. The van der Waals surface area contributed by atoms with Crippen LogP contribution < -0.4 is 15.4 Å². The maximum absolute atomic E-state index is 6.18. The zero-order valence-electron chi connectivity index (χ0n) is 12.0.